The van der Waals surface area contributed by atoms with Gasteiger partial charge in [-0.2, -0.15) is 4.72 Å². The Morgan fingerprint density at radius 1 is 1.19 bits per heavy atom. The monoisotopic (exact) mass is 431 g/mol. The number of nitrogens with one attached hydrogen (secondary N) is 2. The molecule has 0 saturated carbocycles. The van der Waals surface area contributed by atoms with Gasteiger partial charge in [0.25, 0.3) is 5.91 Å². The summed E-state index contributed by atoms with van der Waals surface area (Å²) in [5.74, 6) is -1.56. The average molecular weight is 432 g/mol. The van der Waals surface area contributed by atoms with Crippen molar-refractivity contribution >= 4 is 50.9 Å². The first-order valence-corrected chi connectivity index (χ1v) is 9.74. The fraction of sp³-hybridized carbons (Fsp3) is 0.188. The number of rotatable bonds is 7. The highest BCUT2D eigenvalue weighted by atomic mass is 35.5. The van der Waals surface area contributed by atoms with Gasteiger partial charge < -0.3 is 10.1 Å². The molecular formula is C16H15Cl2N3O5S. The second kappa shape index (κ2) is 9.14. The summed E-state index contributed by atoms with van der Waals surface area (Å²) >= 11 is 11.6. The van der Waals surface area contributed by atoms with Crippen LogP contribution in [0.3, 0.4) is 0 Å². The summed E-state index contributed by atoms with van der Waals surface area (Å²) in [6.07, 6.45) is 1.29. The Labute approximate surface area is 165 Å². The maximum Gasteiger partial charge on any atom is 0.321 e. The topological polar surface area (TPSA) is 114 Å². The highest BCUT2D eigenvalue weighted by Crippen LogP contribution is 2.22. The van der Waals surface area contributed by atoms with E-state index in [1.54, 1.807) is 12.1 Å². The molecule has 0 unspecified atom stereocenters. The fourth-order valence-electron chi connectivity index (χ4n) is 1.83. The van der Waals surface area contributed by atoms with Crippen LogP contribution in [0.25, 0.3) is 0 Å². The highest BCUT2D eigenvalue weighted by Gasteiger charge is 2.17. The fourth-order valence-corrected chi connectivity index (χ4v) is 3.22. The number of carbonyl (C=O) groups is 2. The second-order valence-electron chi connectivity index (χ2n) is 5.33. The van der Waals surface area contributed by atoms with E-state index in [-0.39, 0.29) is 15.7 Å². The van der Waals surface area contributed by atoms with Crippen LogP contribution in [-0.2, 0) is 24.3 Å². The van der Waals surface area contributed by atoms with E-state index < -0.39 is 35.1 Å². The minimum atomic E-state index is -3.86. The van der Waals surface area contributed by atoms with Crippen LogP contribution in [0.5, 0.6) is 0 Å². The van der Waals surface area contributed by atoms with Crippen LogP contribution in [0.1, 0.15) is 5.56 Å². The van der Waals surface area contributed by atoms with Crippen molar-refractivity contribution in [2.24, 2.45) is 0 Å². The Morgan fingerprint density at radius 2 is 1.85 bits per heavy atom. The average Bonchev–Trinajstić information content (AvgIpc) is 2.61. The van der Waals surface area contributed by atoms with Crippen LogP contribution in [-0.4, -0.2) is 38.4 Å². The van der Waals surface area contributed by atoms with E-state index in [2.05, 4.69) is 15.0 Å². The van der Waals surface area contributed by atoms with Crippen molar-refractivity contribution in [2.75, 3.05) is 18.5 Å². The van der Waals surface area contributed by atoms with Gasteiger partial charge in [0.1, 0.15) is 6.54 Å². The van der Waals surface area contributed by atoms with Gasteiger partial charge in [0.2, 0.25) is 10.0 Å². The maximum absolute atomic E-state index is 12.1. The Hall–Kier alpha value is -2.20. The zero-order chi connectivity index (χ0) is 20.0. The highest BCUT2D eigenvalue weighted by molar-refractivity contribution is 7.89. The Balaban J connectivity index is 1.81. The molecular weight excluding hydrogens is 417 g/mol. The lowest BCUT2D eigenvalue weighted by Crippen LogP contribution is -2.32. The van der Waals surface area contributed by atoms with Crippen molar-refractivity contribution in [3.8, 4) is 0 Å². The molecule has 1 aromatic heterocycles. The first-order chi connectivity index (χ1) is 12.7. The molecule has 0 fully saturated rings. The lowest BCUT2D eigenvalue weighted by molar-refractivity contribution is -0.146. The van der Waals surface area contributed by atoms with Gasteiger partial charge in [-0.25, -0.2) is 13.4 Å². The van der Waals surface area contributed by atoms with Gasteiger partial charge >= 0.3 is 5.97 Å². The molecule has 27 heavy (non-hydrogen) atoms. The maximum atomic E-state index is 12.1. The first-order valence-electron chi connectivity index (χ1n) is 7.50. The van der Waals surface area contributed by atoms with E-state index in [1.807, 2.05) is 6.92 Å². The van der Waals surface area contributed by atoms with Gasteiger partial charge in [0, 0.05) is 6.20 Å². The number of amides is 1. The van der Waals surface area contributed by atoms with Gasteiger partial charge in [-0.15, -0.1) is 0 Å². The molecule has 1 aromatic carbocycles. The van der Waals surface area contributed by atoms with Gasteiger partial charge in [-0.1, -0.05) is 40.9 Å². The number of anilines is 1. The molecule has 0 aliphatic heterocycles. The number of esters is 1. The summed E-state index contributed by atoms with van der Waals surface area (Å²) in [5.41, 5.74) is 0.898. The minimum Gasteiger partial charge on any atom is -0.455 e. The Bertz CT molecular complexity index is 949. The molecule has 11 heteroatoms. The van der Waals surface area contributed by atoms with E-state index in [9.17, 15) is 18.0 Å². The van der Waals surface area contributed by atoms with Crippen LogP contribution >= 0.6 is 23.2 Å². The zero-order valence-electron chi connectivity index (χ0n) is 14.0. The lowest BCUT2D eigenvalue weighted by Gasteiger charge is -2.09. The predicted octanol–water partition coefficient (Wildman–Crippen LogP) is 2.16. The van der Waals surface area contributed by atoms with Crippen molar-refractivity contribution in [3.63, 3.8) is 0 Å². The Morgan fingerprint density at radius 3 is 2.48 bits per heavy atom. The summed E-state index contributed by atoms with van der Waals surface area (Å²) in [4.78, 5) is 27.2. The smallest absolute Gasteiger partial charge is 0.321 e. The zero-order valence-corrected chi connectivity index (χ0v) is 16.4. The molecule has 1 heterocycles. The summed E-state index contributed by atoms with van der Waals surface area (Å²) < 4.78 is 30.9. The van der Waals surface area contributed by atoms with Crippen molar-refractivity contribution in [2.45, 2.75) is 11.8 Å². The third-order valence-corrected chi connectivity index (χ3v) is 5.08. The van der Waals surface area contributed by atoms with E-state index >= 15 is 0 Å². The van der Waals surface area contributed by atoms with Crippen molar-refractivity contribution < 1.29 is 22.7 Å². The second-order valence-corrected chi connectivity index (χ2v) is 7.94. The Kier molecular flexibility index (Phi) is 7.14. The van der Waals surface area contributed by atoms with Gasteiger partial charge in [0.05, 0.1) is 14.9 Å². The van der Waals surface area contributed by atoms with Crippen LogP contribution in [0.15, 0.2) is 41.4 Å². The minimum absolute atomic E-state index is 0.0158. The number of sulfonamides is 1. The van der Waals surface area contributed by atoms with E-state index in [4.69, 9.17) is 27.9 Å². The quantitative estimate of drug-likeness (QED) is 0.649. The number of halogens is 2. The number of pyridine rings is 1. The van der Waals surface area contributed by atoms with Crippen LogP contribution in [0.4, 0.5) is 5.82 Å². The molecule has 8 nitrogen and oxygen atoms in total. The molecule has 2 rings (SSSR count). The van der Waals surface area contributed by atoms with Crippen molar-refractivity contribution in [3.05, 3.63) is 52.1 Å². The SMILES string of the molecule is Cc1ccc(S(=O)(=O)NCC(=O)OCC(=O)Nc2ncc(Cl)cc2Cl)cc1. The third-order valence-electron chi connectivity index (χ3n) is 3.17. The standard InChI is InChI=1S/C16H15Cl2N3O5S/c1-10-2-4-12(5-3-10)27(24,25)20-8-15(23)26-9-14(22)21-16-13(18)6-11(17)7-19-16/h2-7,20H,8-9H2,1H3,(H,19,21,22). The van der Waals surface area contributed by atoms with Gasteiger partial charge in [-0.05, 0) is 25.1 Å². The number of hydrogen-bond donors (Lipinski definition) is 2. The molecule has 2 aromatic rings. The van der Waals surface area contributed by atoms with Gasteiger partial charge in [0.15, 0.2) is 12.4 Å². The summed E-state index contributed by atoms with van der Waals surface area (Å²) in [6, 6.07) is 7.48. The molecule has 0 atom stereocenters. The molecule has 0 aliphatic rings. The van der Waals surface area contributed by atoms with E-state index in [0.29, 0.717) is 5.02 Å². The van der Waals surface area contributed by atoms with E-state index in [1.165, 1.54) is 24.4 Å². The molecule has 0 saturated heterocycles. The summed E-state index contributed by atoms with van der Waals surface area (Å²) in [7, 11) is -3.86. The number of carbonyl (C=O) groups excluding carboxylic acids is 2. The van der Waals surface area contributed by atoms with Crippen LogP contribution in [0, 0.1) is 6.92 Å². The number of aromatic nitrogens is 1. The normalized spacial score (nSPS) is 11.1. The molecule has 0 aliphatic carbocycles. The third kappa shape index (κ3) is 6.47. The number of benzene rings is 1. The number of nitrogens with zero attached hydrogens (tertiary/aromatic N) is 1. The number of ether oxygens (including phenoxy) is 1. The first kappa shape index (κ1) is 21.1. The van der Waals surface area contributed by atoms with Crippen molar-refractivity contribution in [1.29, 1.82) is 0 Å². The molecule has 144 valence electrons. The summed E-state index contributed by atoms with van der Waals surface area (Å²) in [5, 5.41) is 2.75. The molecule has 0 spiro atoms. The molecule has 0 bridgehead atoms. The largest absolute Gasteiger partial charge is 0.455 e. The summed E-state index contributed by atoms with van der Waals surface area (Å²) in [6.45, 7) is 0.564. The van der Waals surface area contributed by atoms with Crippen molar-refractivity contribution in [1.82, 2.24) is 9.71 Å². The van der Waals surface area contributed by atoms with Gasteiger partial charge in [-0.3, -0.25) is 9.59 Å². The van der Waals surface area contributed by atoms with Crippen LogP contribution < -0.4 is 10.0 Å². The lowest BCUT2D eigenvalue weighted by atomic mass is 10.2. The van der Waals surface area contributed by atoms with Crippen LogP contribution in [0.2, 0.25) is 10.0 Å². The van der Waals surface area contributed by atoms with E-state index in [0.717, 1.165) is 5.56 Å². The molecule has 2 N–H and O–H groups in total. The molecule has 1 amide bonds. The molecule has 0 radical (unpaired) electrons. The number of aryl methyl sites for hydroxylation is 1. The predicted molar refractivity (Wildman–Crippen MR) is 100 cm³/mol. The number of hydrogen-bond acceptors (Lipinski definition) is 6.